The van der Waals surface area contributed by atoms with Crippen molar-refractivity contribution in [2.24, 2.45) is 0 Å². The number of nitriles is 1. The standard InChI is InChI=1S/C18H15N3O3/c1-2-13-7-9-16(10-8-13)20-18(22)15(12-19)11-14-5-3-4-6-17(14)21(23)24/h3-11H,2H2,1H3,(H,20,22)/b15-11+. The molecular weight excluding hydrogens is 306 g/mol. The van der Waals surface area contributed by atoms with Gasteiger partial charge in [0, 0.05) is 11.8 Å². The van der Waals surface area contributed by atoms with Crippen LogP contribution < -0.4 is 5.32 Å². The molecule has 2 aromatic carbocycles. The van der Waals surface area contributed by atoms with Crippen molar-refractivity contribution in [3.05, 3.63) is 75.3 Å². The maximum Gasteiger partial charge on any atom is 0.276 e. The Labute approximate surface area is 139 Å². The summed E-state index contributed by atoms with van der Waals surface area (Å²) in [7, 11) is 0. The Kier molecular flexibility index (Phi) is 5.42. The molecule has 0 radical (unpaired) electrons. The van der Waals surface area contributed by atoms with E-state index in [1.807, 2.05) is 19.1 Å². The van der Waals surface area contributed by atoms with E-state index < -0.39 is 10.8 Å². The average Bonchev–Trinajstić information content (AvgIpc) is 2.60. The first-order valence-electron chi connectivity index (χ1n) is 7.30. The molecule has 1 N–H and O–H groups in total. The smallest absolute Gasteiger partial charge is 0.276 e. The zero-order chi connectivity index (χ0) is 17.5. The molecule has 0 unspecified atom stereocenters. The Balaban J connectivity index is 2.26. The first-order chi connectivity index (χ1) is 11.5. The van der Waals surface area contributed by atoms with Crippen LogP contribution in [0.3, 0.4) is 0 Å². The number of hydrogen-bond donors (Lipinski definition) is 1. The number of carbonyl (C=O) groups is 1. The topological polar surface area (TPSA) is 96.0 Å². The summed E-state index contributed by atoms with van der Waals surface area (Å²) in [4.78, 5) is 22.7. The summed E-state index contributed by atoms with van der Waals surface area (Å²) in [6.45, 7) is 2.02. The van der Waals surface area contributed by atoms with Gasteiger partial charge in [0.05, 0.1) is 10.5 Å². The van der Waals surface area contributed by atoms with Gasteiger partial charge >= 0.3 is 0 Å². The molecule has 2 aromatic rings. The molecule has 1 amide bonds. The summed E-state index contributed by atoms with van der Waals surface area (Å²) in [6.07, 6.45) is 2.10. The monoisotopic (exact) mass is 321 g/mol. The lowest BCUT2D eigenvalue weighted by atomic mass is 10.1. The summed E-state index contributed by atoms with van der Waals surface area (Å²) in [5.74, 6) is -0.611. The van der Waals surface area contributed by atoms with Crippen LogP contribution in [-0.2, 0) is 11.2 Å². The molecule has 0 saturated heterocycles. The van der Waals surface area contributed by atoms with Crippen molar-refractivity contribution in [3.63, 3.8) is 0 Å². The van der Waals surface area contributed by atoms with Crippen molar-refractivity contribution >= 4 is 23.4 Å². The maximum absolute atomic E-state index is 12.2. The molecule has 0 aromatic heterocycles. The van der Waals surface area contributed by atoms with Crippen molar-refractivity contribution in [1.29, 1.82) is 5.26 Å². The molecule has 0 saturated carbocycles. The first-order valence-corrected chi connectivity index (χ1v) is 7.30. The Hall–Kier alpha value is -3.46. The van der Waals surface area contributed by atoms with Gasteiger partial charge in [-0.05, 0) is 36.3 Å². The lowest BCUT2D eigenvalue weighted by Crippen LogP contribution is -2.13. The second kappa shape index (κ2) is 7.70. The number of para-hydroxylation sites is 1. The van der Waals surface area contributed by atoms with E-state index in [0.29, 0.717) is 5.69 Å². The molecule has 0 atom stereocenters. The van der Waals surface area contributed by atoms with E-state index in [9.17, 15) is 20.2 Å². The minimum absolute atomic E-state index is 0.162. The van der Waals surface area contributed by atoms with Crippen molar-refractivity contribution in [2.75, 3.05) is 5.32 Å². The zero-order valence-electron chi connectivity index (χ0n) is 13.0. The lowest BCUT2D eigenvalue weighted by molar-refractivity contribution is -0.385. The van der Waals surface area contributed by atoms with Gasteiger partial charge in [-0.1, -0.05) is 31.2 Å². The molecule has 0 fully saturated rings. The molecule has 0 bridgehead atoms. The Morgan fingerprint density at radius 1 is 1.25 bits per heavy atom. The number of benzene rings is 2. The molecule has 6 nitrogen and oxygen atoms in total. The van der Waals surface area contributed by atoms with Crippen molar-refractivity contribution in [1.82, 2.24) is 0 Å². The Morgan fingerprint density at radius 2 is 1.92 bits per heavy atom. The van der Waals surface area contributed by atoms with E-state index in [4.69, 9.17) is 0 Å². The number of nitrogens with zero attached hydrogens (tertiary/aromatic N) is 2. The minimum atomic E-state index is -0.611. The van der Waals surface area contributed by atoms with Crippen molar-refractivity contribution < 1.29 is 9.72 Å². The molecule has 0 aliphatic rings. The van der Waals surface area contributed by atoms with Gasteiger partial charge in [-0.3, -0.25) is 14.9 Å². The van der Waals surface area contributed by atoms with Crippen LogP contribution in [0.4, 0.5) is 11.4 Å². The second-order valence-electron chi connectivity index (χ2n) is 4.99. The molecule has 0 heterocycles. The van der Waals surface area contributed by atoms with Gasteiger partial charge in [-0.25, -0.2) is 0 Å². The number of hydrogen-bond acceptors (Lipinski definition) is 4. The predicted octanol–water partition coefficient (Wildman–Crippen LogP) is 3.70. The van der Waals surface area contributed by atoms with E-state index in [2.05, 4.69) is 5.32 Å². The highest BCUT2D eigenvalue weighted by Gasteiger charge is 2.15. The van der Waals surface area contributed by atoms with Crippen LogP contribution in [0.2, 0.25) is 0 Å². The van der Waals surface area contributed by atoms with Gasteiger partial charge in [-0.15, -0.1) is 0 Å². The fourth-order valence-electron chi connectivity index (χ4n) is 2.10. The molecule has 6 heteroatoms. The van der Waals surface area contributed by atoms with Gasteiger partial charge in [-0.2, -0.15) is 5.26 Å². The SMILES string of the molecule is CCc1ccc(NC(=O)/C(C#N)=C/c2ccccc2[N+](=O)[O-])cc1. The molecule has 0 aliphatic heterocycles. The number of rotatable bonds is 5. The quantitative estimate of drug-likeness (QED) is 0.393. The molecule has 2 rings (SSSR count). The van der Waals surface area contributed by atoms with Crippen LogP contribution in [0.25, 0.3) is 6.08 Å². The van der Waals surface area contributed by atoms with E-state index >= 15 is 0 Å². The summed E-state index contributed by atoms with van der Waals surface area (Å²) in [5, 5.41) is 22.8. The number of carbonyl (C=O) groups excluding carboxylic acids is 1. The average molecular weight is 321 g/mol. The molecule has 0 spiro atoms. The van der Waals surface area contributed by atoms with Gasteiger partial charge in [0.25, 0.3) is 11.6 Å². The van der Waals surface area contributed by atoms with E-state index in [1.165, 1.54) is 24.3 Å². The first kappa shape index (κ1) is 16.9. The summed E-state index contributed by atoms with van der Waals surface area (Å²) < 4.78 is 0. The summed E-state index contributed by atoms with van der Waals surface area (Å²) in [5.41, 5.74) is 1.52. The van der Waals surface area contributed by atoms with Gasteiger partial charge in [0.2, 0.25) is 0 Å². The number of anilines is 1. The van der Waals surface area contributed by atoms with Gasteiger partial charge in [0.1, 0.15) is 11.6 Å². The number of amides is 1. The van der Waals surface area contributed by atoms with E-state index in [1.54, 1.807) is 24.3 Å². The number of nitro groups is 1. The highest BCUT2D eigenvalue weighted by Crippen LogP contribution is 2.21. The van der Waals surface area contributed by atoms with Crippen LogP contribution in [0, 0.1) is 21.4 Å². The predicted molar refractivity (Wildman–Crippen MR) is 91.1 cm³/mol. The Bertz CT molecular complexity index is 833. The number of nitrogens with one attached hydrogen (secondary N) is 1. The summed E-state index contributed by atoms with van der Waals surface area (Å²) in [6, 6.07) is 15.0. The van der Waals surface area contributed by atoms with Gasteiger partial charge in [0.15, 0.2) is 0 Å². The largest absolute Gasteiger partial charge is 0.321 e. The van der Waals surface area contributed by atoms with Gasteiger partial charge < -0.3 is 5.32 Å². The van der Waals surface area contributed by atoms with Crippen molar-refractivity contribution in [2.45, 2.75) is 13.3 Å². The number of aryl methyl sites for hydroxylation is 1. The third-order valence-corrected chi connectivity index (χ3v) is 3.42. The fourth-order valence-corrected chi connectivity index (χ4v) is 2.10. The van der Waals surface area contributed by atoms with Crippen LogP contribution in [0.15, 0.2) is 54.1 Å². The van der Waals surface area contributed by atoms with Crippen molar-refractivity contribution in [3.8, 4) is 6.07 Å². The van der Waals surface area contributed by atoms with Crippen LogP contribution in [0.5, 0.6) is 0 Å². The zero-order valence-corrected chi connectivity index (χ0v) is 13.0. The third-order valence-electron chi connectivity index (χ3n) is 3.42. The third kappa shape index (κ3) is 4.05. The maximum atomic E-state index is 12.2. The lowest BCUT2D eigenvalue weighted by Gasteiger charge is -2.05. The second-order valence-corrected chi connectivity index (χ2v) is 4.99. The normalized spacial score (nSPS) is 10.8. The van der Waals surface area contributed by atoms with Crippen LogP contribution >= 0.6 is 0 Å². The highest BCUT2D eigenvalue weighted by molar-refractivity contribution is 6.09. The van der Waals surface area contributed by atoms with Crippen LogP contribution in [0.1, 0.15) is 18.1 Å². The minimum Gasteiger partial charge on any atom is -0.321 e. The number of nitro benzene ring substituents is 1. The molecule has 24 heavy (non-hydrogen) atoms. The fraction of sp³-hybridized carbons (Fsp3) is 0.111. The molecular formula is C18H15N3O3. The van der Waals surface area contributed by atoms with Crippen LogP contribution in [-0.4, -0.2) is 10.8 Å². The Morgan fingerprint density at radius 3 is 2.50 bits per heavy atom. The highest BCUT2D eigenvalue weighted by atomic mass is 16.6. The molecule has 120 valence electrons. The summed E-state index contributed by atoms with van der Waals surface area (Å²) >= 11 is 0. The van der Waals surface area contributed by atoms with E-state index in [-0.39, 0.29) is 16.8 Å². The van der Waals surface area contributed by atoms with E-state index in [0.717, 1.165) is 12.0 Å². The molecule has 0 aliphatic carbocycles.